The predicted octanol–water partition coefficient (Wildman–Crippen LogP) is 0.896. The SMILES string of the molecule is CCC(CC)(OC)C(=O)P(=O)(O)O. The lowest BCUT2D eigenvalue weighted by molar-refractivity contribution is -0.135. The number of carbonyl (C=O) groups is 1. The zero-order chi connectivity index (χ0) is 10.7. The molecule has 0 aliphatic heterocycles. The first-order valence-corrected chi connectivity index (χ1v) is 5.61. The van der Waals surface area contributed by atoms with Crippen molar-refractivity contribution in [1.29, 1.82) is 0 Å². The molecule has 0 fully saturated rings. The highest BCUT2D eigenvalue weighted by Gasteiger charge is 2.44. The molecule has 0 saturated carbocycles. The number of hydrogen-bond donors (Lipinski definition) is 2. The number of hydrogen-bond acceptors (Lipinski definition) is 3. The molecule has 0 atom stereocenters. The number of ether oxygens (including phenoxy) is 1. The minimum atomic E-state index is -4.69. The van der Waals surface area contributed by atoms with Crippen LogP contribution in [0.2, 0.25) is 0 Å². The highest BCUT2D eigenvalue weighted by atomic mass is 31.2. The molecular formula is C7H15O5P. The van der Waals surface area contributed by atoms with Crippen LogP contribution in [0.15, 0.2) is 0 Å². The molecule has 0 heterocycles. The highest BCUT2D eigenvalue weighted by Crippen LogP contribution is 2.43. The first kappa shape index (κ1) is 12.8. The number of carbonyl (C=O) groups excluding carboxylic acids is 1. The summed E-state index contributed by atoms with van der Waals surface area (Å²) in [5, 5.41) is 0. The van der Waals surface area contributed by atoms with Gasteiger partial charge in [0.25, 0.3) is 5.52 Å². The Kier molecular flexibility index (Phi) is 4.26. The lowest BCUT2D eigenvalue weighted by Gasteiger charge is -2.28. The highest BCUT2D eigenvalue weighted by molar-refractivity contribution is 7.70. The van der Waals surface area contributed by atoms with Gasteiger partial charge in [0.1, 0.15) is 5.60 Å². The van der Waals surface area contributed by atoms with Gasteiger partial charge in [-0.3, -0.25) is 9.36 Å². The Hall–Kier alpha value is -0.220. The molecule has 6 heteroatoms. The zero-order valence-electron chi connectivity index (χ0n) is 7.98. The molecule has 0 aliphatic carbocycles. The first-order chi connectivity index (χ1) is 5.84. The smallest absolute Gasteiger partial charge is 0.370 e. The molecule has 0 radical (unpaired) electrons. The summed E-state index contributed by atoms with van der Waals surface area (Å²) in [6.07, 6.45) is 0.508. The molecule has 2 N–H and O–H groups in total. The van der Waals surface area contributed by atoms with E-state index in [0.717, 1.165) is 0 Å². The van der Waals surface area contributed by atoms with E-state index < -0.39 is 18.7 Å². The summed E-state index contributed by atoms with van der Waals surface area (Å²) < 4.78 is 15.6. The van der Waals surface area contributed by atoms with Gasteiger partial charge in [-0.1, -0.05) is 13.8 Å². The average molecular weight is 210 g/mol. The lowest BCUT2D eigenvalue weighted by Crippen LogP contribution is -2.39. The molecule has 0 saturated heterocycles. The Morgan fingerprint density at radius 1 is 1.38 bits per heavy atom. The van der Waals surface area contributed by atoms with Gasteiger partial charge in [-0.15, -0.1) is 0 Å². The van der Waals surface area contributed by atoms with E-state index in [4.69, 9.17) is 14.5 Å². The topological polar surface area (TPSA) is 83.8 Å². The molecule has 0 aliphatic rings. The molecule has 0 amide bonds. The third-order valence-corrected chi connectivity index (χ3v) is 3.12. The van der Waals surface area contributed by atoms with E-state index in [9.17, 15) is 9.36 Å². The summed E-state index contributed by atoms with van der Waals surface area (Å²) in [7, 11) is -3.41. The maximum atomic E-state index is 11.3. The van der Waals surface area contributed by atoms with Crippen molar-refractivity contribution in [3.63, 3.8) is 0 Å². The molecule has 0 unspecified atom stereocenters. The maximum Gasteiger partial charge on any atom is 0.394 e. The number of rotatable bonds is 5. The standard InChI is InChI=1S/C7H15O5P/c1-4-7(5-2,12-3)6(8)13(9,10)11/h4-5H2,1-3H3,(H2,9,10,11). The fourth-order valence-electron chi connectivity index (χ4n) is 1.19. The Morgan fingerprint density at radius 2 is 1.77 bits per heavy atom. The van der Waals surface area contributed by atoms with Crippen LogP contribution in [0.1, 0.15) is 26.7 Å². The fourth-order valence-corrected chi connectivity index (χ4v) is 2.13. The second-order valence-corrected chi connectivity index (χ2v) is 4.25. The molecule has 13 heavy (non-hydrogen) atoms. The van der Waals surface area contributed by atoms with E-state index in [1.54, 1.807) is 13.8 Å². The van der Waals surface area contributed by atoms with Crippen LogP contribution in [-0.4, -0.2) is 28.0 Å². The van der Waals surface area contributed by atoms with Crippen molar-refractivity contribution in [2.24, 2.45) is 0 Å². The van der Waals surface area contributed by atoms with Gasteiger partial charge in [0, 0.05) is 7.11 Å². The summed E-state index contributed by atoms with van der Waals surface area (Å²) in [5.74, 6) is 0. The molecule has 0 aromatic rings. The molecule has 0 spiro atoms. The van der Waals surface area contributed by atoms with Crippen LogP contribution in [-0.2, 0) is 14.1 Å². The Morgan fingerprint density at radius 3 is 1.85 bits per heavy atom. The second kappa shape index (κ2) is 4.33. The van der Waals surface area contributed by atoms with Crippen LogP contribution < -0.4 is 0 Å². The van der Waals surface area contributed by atoms with E-state index >= 15 is 0 Å². The minimum absolute atomic E-state index is 0.254. The monoisotopic (exact) mass is 210 g/mol. The Balaban J connectivity index is 4.97. The summed E-state index contributed by atoms with van der Waals surface area (Å²) in [4.78, 5) is 28.7. The zero-order valence-corrected chi connectivity index (χ0v) is 8.88. The van der Waals surface area contributed by atoms with E-state index in [-0.39, 0.29) is 12.8 Å². The van der Waals surface area contributed by atoms with Crippen LogP contribution >= 0.6 is 7.60 Å². The summed E-state index contributed by atoms with van der Waals surface area (Å²) >= 11 is 0. The Labute approximate surface area is 77.3 Å². The van der Waals surface area contributed by atoms with E-state index in [0.29, 0.717) is 0 Å². The van der Waals surface area contributed by atoms with Crippen molar-refractivity contribution in [1.82, 2.24) is 0 Å². The van der Waals surface area contributed by atoms with Gasteiger partial charge in [0.15, 0.2) is 0 Å². The quantitative estimate of drug-likeness (QED) is 0.658. The van der Waals surface area contributed by atoms with Crippen LogP contribution in [0.25, 0.3) is 0 Å². The predicted molar refractivity (Wildman–Crippen MR) is 47.4 cm³/mol. The van der Waals surface area contributed by atoms with E-state index in [2.05, 4.69) is 0 Å². The van der Waals surface area contributed by atoms with Gasteiger partial charge in [-0.2, -0.15) is 0 Å². The van der Waals surface area contributed by atoms with Crippen molar-refractivity contribution >= 4 is 13.1 Å². The normalized spacial score (nSPS) is 13.0. The van der Waals surface area contributed by atoms with Gasteiger partial charge in [0.05, 0.1) is 0 Å². The molecule has 0 aromatic carbocycles. The van der Waals surface area contributed by atoms with Crippen molar-refractivity contribution in [3.05, 3.63) is 0 Å². The largest absolute Gasteiger partial charge is 0.394 e. The second-order valence-electron chi connectivity index (χ2n) is 2.75. The Bertz CT molecular complexity index is 219. The number of methoxy groups -OCH3 is 1. The summed E-state index contributed by atoms with van der Waals surface area (Å²) in [6.45, 7) is 3.31. The van der Waals surface area contributed by atoms with Gasteiger partial charge in [0.2, 0.25) is 0 Å². The summed E-state index contributed by atoms with van der Waals surface area (Å²) in [6, 6.07) is 0. The summed E-state index contributed by atoms with van der Waals surface area (Å²) in [5.41, 5.74) is -2.47. The van der Waals surface area contributed by atoms with Crippen molar-refractivity contribution < 1.29 is 23.9 Å². The lowest BCUT2D eigenvalue weighted by atomic mass is 9.99. The van der Waals surface area contributed by atoms with Gasteiger partial charge in [-0.25, -0.2) is 0 Å². The minimum Gasteiger partial charge on any atom is -0.370 e. The van der Waals surface area contributed by atoms with Crippen molar-refractivity contribution in [2.45, 2.75) is 32.3 Å². The van der Waals surface area contributed by atoms with Gasteiger partial charge in [-0.05, 0) is 12.8 Å². The van der Waals surface area contributed by atoms with Crippen LogP contribution in [0, 0.1) is 0 Å². The van der Waals surface area contributed by atoms with E-state index in [1.165, 1.54) is 7.11 Å². The van der Waals surface area contributed by atoms with Gasteiger partial charge >= 0.3 is 7.60 Å². The molecule has 0 rings (SSSR count). The third kappa shape index (κ3) is 2.61. The van der Waals surface area contributed by atoms with Crippen molar-refractivity contribution in [2.75, 3.05) is 7.11 Å². The molecule has 0 aromatic heterocycles. The van der Waals surface area contributed by atoms with Crippen LogP contribution in [0.3, 0.4) is 0 Å². The third-order valence-electron chi connectivity index (χ3n) is 2.19. The fraction of sp³-hybridized carbons (Fsp3) is 0.857. The van der Waals surface area contributed by atoms with Crippen LogP contribution in [0.5, 0.6) is 0 Å². The first-order valence-electron chi connectivity index (χ1n) is 3.99. The van der Waals surface area contributed by atoms with E-state index in [1.807, 2.05) is 0 Å². The van der Waals surface area contributed by atoms with Crippen LogP contribution in [0.4, 0.5) is 0 Å². The van der Waals surface area contributed by atoms with Gasteiger partial charge < -0.3 is 14.5 Å². The van der Waals surface area contributed by atoms with Crippen molar-refractivity contribution in [3.8, 4) is 0 Å². The molecule has 5 nitrogen and oxygen atoms in total. The maximum absolute atomic E-state index is 11.3. The average Bonchev–Trinajstić information content (AvgIpc) is 2.07. The molecule has 78 valence electrons. The molecular weight excluding hydrogens is 195 g/mol. The molecule has 0 bridgehead atoms.